The Morgan fingerprint density at radius 2 is 0.766 bits per heavy atom. The maximum absolute atomic E-state index is 9.53. The van der Waals surface area contributed by atoms with Gasteiger partial charge in [-0.2, -0.15) is 5.26 Å². The molecule has 0 saturated carbocycles. The molecule has 0 N–H and O–H groups in total. The van der Waals surface area contributed by atoms with Crippen LogP contribution in [0.3, 0.4) is 0 Å². The van der Waals surface area contributed by atoms with Crippen LogP contribution < -0.4 is 4.74 Å². The summed E-state index contributed by atoms with van der Waals surface area (Å²) in [6.45, 7) is 0. The molecule has 0 fully saturated rings. The van der Waals surface area contributed by atoms with E-state index < -0.39 is 5.41 Å². The van der Waals surface area contributed by atoms with E-state index in [4.69, 9.17) is 14.7 Å². The van der Waals surface area contributed by atoms with Crippen molar-refractivity contribution in [1.82, 2.24) is 9.97 Å². The molecule has 2 heterocycles. The fraction of sp³-hybridized carbons (Fsp3) is 0.0167. The standard InChI is InChI=1S/C60H37N3O/c61-38-39-24-26-40(27-25-39)46-32-34-48-49-35-33-47(37-53(49)60(52(48)36-46)50-20-10-12-22-54(50)64-55-23-13-11-21-51(55)60)41-28-30-44(31-29-41)58-56(42-14-4-1-5-15-42)57(43-16-6-2-7-17-43)62-59(63-58)45-18-8-3-9-19-45/h1-37H. The molecule has 12 rings (SSSR count). The van der Waals surface area contributed by atoms with E-state index in [1.807, 2.05) is 54.6 Å². The van der Waals surface area contributed by atoms with Crippen molar-refractivity contribution in [3.05, 3.63) is 252 Å². The molecular formula is C60H37N3O. The lowest BCUT2D eigenvalue weighted by Gasteiger charge is -2.39. The average molecular weight is 816 g/mol. The molecule has 9 aromatic carbocycles. The first-order valence-corrected chi connectivity index (χ1v) is 21.5. The van der Waals surface area contributed by atoms with Crippen LogP contribution in [-0.4, -0.2) is 9.97 Å². The molecule has 0 bridgehead atoms. The highest BCUT2D eigenvalue weighted by Gasteiger charge is 2.51. The van der Waals surface area contributed by atoms with Gasteiger partial charge in [0.15, 0.2) is 5.82 Å². The van der Waals surface area contributed by atoms with E-state index in [1.54, 1.807) is 0 Å². The lowest BCUT2D eigenvalue weighted by molar-refractivity contribution is 0.436. The molecule has 4 nitrogen and oxygen atoms in total. The number of benzene rings is 9. The number of para-hydroxylation sites is 2. The van der Waals surface area contributed by atoms with Crippen molar-refractivity contribution < 1.29 is 4.74 Å². The Morgan fingerprint density at radius 1 is 0.359 bits per heavy atom. The zero-order chi connectivity index (χ0) is 42.6. The second-order valence-electron chi connectivity index (χ2n) is 16.3. The van der Waals surface area contributed by atoms with Gasteiger partial charge in [0.1, 0.15) is 11.5 Å². The number of hydrogen-bond acceptors (Lipinski definition) is 4. The van der Waals surface area contributed by atoms with Crippen LogP contribution in [0.1, 0.15) is 27.8 Å². The highest BCUT2D eigenvalue weighted by Crippen LogP contribution is 2.63. The first-order valence-electron chi connectivity index (χ1n) is 21.5. The van der Waals surface area contributed by atoms with Crippen LogP contribution in [0, 0.1) is 11.3 Å². The molecule has 1 aromatic heterocycles. The third-order valence-corrected chi connectivity index (χ3v) is 12.8. The predicted molar refractivity (Wildman–Crippen MR) is 257 cm³/mol. The maximum atomic E-state index is 9.53. The minimum Gasteiger partial charge on any atom is -0.457 e. The van der Waals surface area contributed by atoms with E-state index in [0.29, 0.717) is 11.4 Å². The zero-order valence-corrected chi connectivity index (χ0v) is 34.6. The SMILES string of the molecule is N#Cc1ccc(-c2ccc3c(c2)C2(c4ccccc4Oc4ccccc42)c2cc(-c4ccc(-c5nc(-c6ccccc6)nc(-c6ccccc6)c5-c5ccccc5)cc4)ccc2-3)cc1. The van der Waals surface area contributed by atoms with Crippen molar-refractivity contribution in [2.45, 2.75) is 5.41 Å². The fourth-order valence-electron chi connectivity index (χ4n) is 9.88. The molecule has 0 unspecified atom stereocenters. The highest BCUT2D eigenvalue weighted by molar-refractivity contribution is 5.94. The van der Waals surface area contributed by atoms with Gasteiger partial charge in [0.25, 0.3) is 0 Å². The van der Waals surface area contributed by atoms with Gasteiger partial charge in [0.05, 0.1) is 28.4 Å². The predicted octanol–water partition coefficient (Wildman–Crippen LogP) is 14.8. The summed E-state index contributed by atoms with van der Waals surface area (Å²) in [4.78, 5) is 10.6. The van der Waals surface area contributed by atoms with Crippen molar-refractivity contribution in [1.29, 1.82) is 5.26 Å². The van der Waals surface area contributed by atoms with Gasteiger partial charge in [-0.1, -0.05) is 188 Å². The van der Waals surface area contributed by atoms with E-state index in [1.165, 1.54) is 22.3 Å². The summed E-state index contributed by atoms with van der Waals surface area (Å²) in [7, 11) is 0. The first-order chi connectivity index (χ1) is 31.7. The molecule has 0 radical (unpaired) electrons. The number of nitrogens with zero attached hydrogens (tertiary/aromatic N) is 3. The summed E-state index contributed by atoms with van der Waals surface area (Å²) in [5, 5.41) is 9.53. The van der Waals surface area contributed by atoms with E-state index in [9.17, 15) is 5.26 Å². The quantitative estimate of drug-likeness (QED) is 0.168. The number of aromatic nitrogens is 2. The van der Waals surface area contributed by atoms with Gasteiger partial charge in [0.2, 0.25) is 0 Å². The molecule has 1 aliphatic carbocycles. The molecule has 64 heavy (non-hydrogen) atoms. The van der Waals surface area contributed by atoms with Crippen molar-refractivity contribution in [3.63, 3.8) is 0 Å². The first kappa shape index (κ1) is 37.1. The number of ether oxygens (including phenoxy) is 1. The zero-order valence-electron chi connectivity index (χ0n) is 34.6. The van der Waals surface area contributed by atoms with Crippen LogP contribution in [0.5, 0.6) is 11.5 Å². The van der Waals surface area contributed by atoms with Gasteiger partial charge in [-0.15, -0.1) is 0 Å². The molecule has 298 valence electrons. The molecule has 2 aliphatic rings. The molecule has 1 aliphatic heterocycles. The Hall–Kier alpha value is -8.65. The molecular weight excluding hydrogens is 779 g/mol. The van der Waals surface area contributed by atoms with Gasteiger partial charge in [-0.05, 0) is 86.5 Å². The summed E-state index contributed by atoms with van der Waals surface area (Å²) in [5.74, 6) is 2.38. The Bertz CT molecular complexity index is 3400. The molecule has 0 atom stereocenters. The second kappa shape index (κ2) is 15.1. The lowest BCUT2D eigenvalue weighted by atomic mass is 9.65. The molecule has 0 saturated heterocycles. The minimum absolute atomic E-state index is 0.643. The van der Waals surface area contributed by atoms with Gasteiger partial charge >= 0.3 is 0 Å². The number of rotatable bonds is 6. The van der Waals surface area contributed by atoms with Crippen LogP contribution in [0.15, 0.2) is 224 Å². The monoisotopic (exact) mass is 815 g/mol. The summed E-state index contributed by atoms with van der Waals surface area (Å²) < 4.78 is 6.68. The number of nitriles is 1. The third-order valence-electron chi connectivity index (χ3n) is 12.8. The lowest BCUT2D eigenvalue weighted by Crippen LogP contribution is -2.32. The maximum Gasteiger partial charge on any atom is 0.160 e. The van der Waals surface area contributed by atoms with E-state index in [0.717, 1.165) is 84.1 Å². The summed E-state index contributed by atoms with van der Waals surface area (Å²) in [5.41, 5.74) is 18.2. The highest BCUT2D eigenvalue weighted by atomic mass is 16.5. The van der Waals surface area contributed by atoms with E-state index in [-0.39, 0.29) is 0 Å². The van der Waals surface area contributed by atoms with Gasteiger partial charge in [0, 0.05) is 33.4 Å². The molecule has 4 heteroatoms. The summed E-state index contributed by atoms with van der Waals surface area (Å²) >= 11 is 0. The third kappa shape index (κ3) is 5.91. The number of hydrogen-bond donors (Lipinski definition) is 0. The Balaban J connectivity index is 1.04. The average Bonchev–Trinajstić information content (AvgIpc) is 3.66. The van der Waals surface area contributed by atoms with E-state index in [2.05, 4.69) is 176 Å². The van der Waals surface area contributed by atoms with Crippen LogP contribution >= 0.6 is 0 Å². The smallest absolute Gasteiger partial charge is 0.160 e. The topological polar surface area (TPSA) is 58.8 Å². The largest absolute Gasteiger partial charge is 0.457 e. The molecule has 10 aromatic rings. The normalized spacial score (nSPS) is 12.6. The van der Waals surface area contributed by atoms with Crippen LogP contribution in [-0.2, 0) is 5.41 Å². The van der Waals surface area contributed by atoms with Crippen molar-refractivity contribution in [3.8, 4) is 96.0 Å². The van der Waals surface area contributed by atoms with Crippen molar-refractivity contribution >= 4 is 0 Å². The fourth-order valence-corrected chi connectivity index (χ4v) is 9.88. The van der Waals surface area contributed by atoms with Crippen LogP contribution in [0.2, 0.25) is 0 Å². The van der Waals surface area contributed by atoms with Crippen molar-refractivity contribution in [2.75, 3.05) is 0 Å². The van der Waals surface area contributed by atoms with E-state index >= 15 is 0 Å². The Labute approximate surface area is 372 Å². The summed E-state index contributed by atoms with van der Waals surface area (Å²) in [6, 6.07) is 80.8. The summed E-state index contributed by atoms with van der Waals surface area (Å²) in [6.07, 6.45) is 0. The molecule has 1 spiro atoms. The van der Waals surface area contributed by atoms with Crippen LogP contribution in [0.25, 0.3) is 78.4 Å². The van der Waals surface area contributed by atoms with Gasteiger partial charge in [-0.25, -0.2) is 9.97 Å². The van der Waals surface area contributed by atoms with Gasteiger partial charge < -0.3 is 4.74 Å². The second-order valence-corrected chi connectivity index (χ2v) is 16.3. The van der Waals surface area contributed by atoms with Gasteiger partial charge in [-0.3, -0.25) is 0 Å². The minimum atomic E-state index is -0.651. The number of fused-ring (bicyclic) bond motifs is 9. The van der Waals surface area contributed by atoms with Crippen molar-refractivity contribution in [2.24, 2.45) is 0 Å². The van der Waals surface area contributed by atoms with Crippen LogP contribution in [0.4, 0.5) is 0 Å². The Kier molecular flexibility index (Phi) is 8.74. The Morgan fingerprint density at radius 3 is 1.28 bits per heavy atom. The molecule has 0 amide bonds.